The van der Waals surface area contributed by atoms with Gasteiger partial charge >= 0.3 is 0 Å². The standard InChI is InChI=1S/C19H16Cl2N2O5S/c20-14-6-5-12(11-15(14)21)29(25,26)22-17-13-3-1-2-4-16(13)28-18(17)19(24)23-7-9-27-10-8-23/h1-6,11,22H,7-10H2. The third kappa shape index (κ3) is 3.93. The second-order valence-electron chi connectivity index (χ2n) is 6.39. The van der Waals surface area contributed by atoms with Crippen LogP contribution in [0, 0.1) is 0 Å². The van der Waals surface area contributed by atoms with Gasteiger partial charge in [0.15, 0.2) is 0 Å². The van der Waals surface area contributed by atoms with Crippen LogP contribution in [-0.4, -0.2) is 45.5 Å². The van der Waals surface area contributed by atoms with Crippen LogP contribution in [0.5, 0.6) is 0 Å². The highest BCUT2D eigenvalue weighted by Gasteiger charge is 2.29. The molecule has 4 rings (SSSR count). The van der Waals surface area contributed by atoms with Gasteiger partial charge in [-0.2, -0.15) is 0 Å². The van der Waals surface area contributed by atoms with Gasteiger partial charge in [-0.1, -0.05) is 35.3 Å². The first-order chi connectivity index (χ1) is 13.9. The number of sulfonamides is 1. The number of hydrogen-bond acceptors (Lipinski definition) is 5. The zero-order valence-corrected chi connectivity index (χ0v) is 17.4. The lowest BCUT2D eigenvalue weighted by Crippen LogP contribution is -2.40. The lowest BCUT2D eigenvalue weighted by molar-refractivity contribution is 0.0285. The Morgan fingerprint density at radius 1 is 1.03 bits per heavy atom. The number of rotatable bonds is 4. The van der Waals surface area contributed by atoms with Crippen LogP contribution in [0.15, 0.2) is 51.8 Å². The molecule has 0 aliphatic carbocycles. The van der Waals surface area contributed by atoms with Crippen LogP contribution in [0.1, 0.15) is 10.6 Å². The van der Waals surface area contributed by atoms with Gasteiger partial charge in [0, 0.05) is 18.5 Å². The van der Waals surface area contributed by atoms with Gasteiger partial charge in [-0.3, -0.25) is 9.52 Å². The zero-order valence-electron chi connectivity index (χ0n) is 15.0. The van der Waals surface area contributed by atoms with Gasteiger partial charge in [-0.15, -0.1) is 0 Å². The number of hydrogen-bond donors (Lipinski definition) is 1. The molecule has 0 unspecified atom stereocenters. The second-order valence-corrected chi connectivity index (χ2v) is 8.89. The minimum Gasteiger partial charge on any atom is -0.449 e. The van der Waals surface area contributed by atoms with Crippen molar-refractivity contribution in [3.8, 4) is 0 Å². The number of furan rings is 1. The summed E-state index contributed by atoms with van der Waals surface area (Å²) in [5, 5.41) is 0.825. The van der Waals surface area contributed by atoms with Crippen molar-refractivity contribution in [2.45, 2.75) is 4.90 Å². The smallest absolute Gasteiger partial charge is 0.291 e. The summed E-state index contributed by atoms with van der Waals surface area (Å²) in [6.07, 6.45) is 0. The molecule has 0 saturated carbocycles. The minimum absolute atomic E-state index is 0.0725. The van der Waals surface area contributed by atoms with Crippen LogP contribution in [-0.2, 0) is 14.8 Å². The molecular formula is C19H16Cl2N2O5S. The number of fused-ring (bicyclic) bond motifs is 1. The first kappa shape index (κ1) is 20.0. The molecule has 1 amide bonds. The summed E-state index contributed by atoms with van der Waals surface area (Å²) in [6, 6.07) is 10.8. The second kappa shape index (κ2) is 7.87. The average molecular weight is 455 g/mol. The molecule has 2 heterocycles. The van der Waals surface area contributed by atoms with E-state index in [0.29, 0.717) is 37.3 Å². The zero-order chi connectivity index (χ0) is 20.6. The summed E-state index contributed by atoms with van der Waals surface area (Å²) in [5.41, 5.74) is 0.485. The quantitative estimate of drug-likeness (QED) is 0.642. The molecule has 3 aromatic rings. The summed E-state index contributed by atoms with van der Waals surface area (Å²) in [5.74, 6) is -0.479. The van der Waals surface area contributed by atoms with Crippen LogP contribution in [0.4, 0.5) is 5.69 Å². The maximum absolute atomic E-state index is 13.0. The fourth-order valence-electron chi connectivity index (χ4n) is 3.04. The molecule has 1 aliphatic rings. The van der Waals surface area contributed by atoms with Crippen molar-refractivity contribution in [3.05, 3.63) is 58.3 Å². The Balaban J connectivity index is 1.77. The van der Waals surface area contributed by atoms with Crippen molar-refractivity contribution in [1.82, 2.24) is 4.90 Å². The Bertz CT molecular complexity index is 1190. The van der Waals surface area contributed by atoms with Crippen LogP contribution < -0.4 is 4.72 Å². The van der Waals surface area contributed by atoms with Gasteiger partial charge in [0.25, 0.3) is 15.9 Å². The number of nitrogens with one attached hydrogen (secondary N) is 1. The molecule has 0 radical (unpaired) electrons. The van der Waals surface area contributed by atoms with Crippen molar-refractivity contribution < 1.29 is 22.4 Å². The fourth-order valence-corrected chi connectivity index (χ4v) is 4.52. The number of halogens is 2. The number of ether oxygens (including phenoxy) is 1. The molecule has 1 saturated heterocycles. The number of carbonyl (C=O) groups excluding carboxylic acids is 1. The van der Waals surface area contributed by atoms with E-state index in [1.807, 2.05) is 0 Å². The molecule has 2 aromatic carbocycles. The van der Waals surface area contributed by atoms with Crippen molar-refractivity contribution in [2.24, 2.45) is 0 Å². The third-order valence-corrected chi connectivity index (χ3v) is 6.61. The highest BCUT2D eigenvalue weighted by Crippen LogP contribution is 2.34. The summed E-state index contributed by atoms with van der Waals surface area (Å²) in [4.78, 5) is 14.5. The maximum Gasteiger partial charge on any atom is 0.291 e. The molecule has 152 valence electrons. The van der Waals surface area contributed by atoms with Gasteiger partial charge in [-0.25, -0.2) is 8.42 Å². The maximum atomic E-state index is 13.0. The van der Waals surface area contributed by atoms with Gasteiger partial charge in [0.05, 0.1) is 28.2 Å². The Kier molecular flexibility index (Phi) is 5.44. The van der Waals surface area contributed by atoms with Crippen molar-refractivity contribution in [2.75, 3.05) is 31.0 Å². The summed E-state index contributed by atoms with van der Waals surface area (Å²) in [6.45, 7) is 1.62. The van der Waals surface area contributed by atoms with E-state index in [4.69, 9.17) is 32.4 Å². The number of carbonyl (C=O) groups is 1. The van der Waals surface area contributed by atoms with Crippen molar-refractivity contribution >= 4 is 55.8 Å². The molecule has 1 fully saturated rings. The third-order valence-electron chi connectivity index (χ3n) is 4.53. The summed E-state index contributed by atoms with van der Waals surface area (Å²) < 4.78 is 39.4. The average Bonchev–Trinajstić information content (AvgIpc) is 3.08. The Morgan fingerprint density at radius 2 is 1.76 bits per heavy atom. The topological polar surface area (TPSA) is 88.8 Å². The van der Waals surface area contributed by atoms with Crippen LogP contribution >= 0.6 is 23.2 Å². The predicted octanol–water partition coefficient (Wildman–Crippen LogP) is 4.01. The summed E-state index contributed by atoms with van der Waals surface area (Å²) >= 11 is 11.8. The van der Waals surface area contributed by atoms with E-state index in [2.05, 4.69) is 4.72 Å². The molecule has 0 bridgehead atoms. The lowest BCUT2D eigenvalue weighted by Gasteiger charge is -2.26. The number of morpholine rings is 1. The number of amides is 1. The van der Waals surface area contributed by atoms with E-state index in [0.717, 1.165) is 0 Å². The van der Waals surface area contributed by atoms with Crippen molar-refractivity contribution in [1.29, 1.82) is 0 Å². The fraction of sp³-hybridized carbons (Fsp3) is 0.211. The van der Waals surface area contributed by atoms with Gasteiger partial charge in [-0.05, 0) is 30.3 Å². The van der Waals surface area contributed by atoms with E-state index in [1.54, 1.807) is 29.2 Å². The molecule has 0 spiro atoms. The van der Waals surface area contributed by atoms with E-state index >= 15 is 0 Å². The molecule has 1 aliphatic heterocycles. The van der Waals surface area contributed by atoms with Gasteiger partial charge < -0.3 is 14.1 Å². The van der Waals surface area contributed by atoms with Crippen LogP contribution in [0.3, 0.4) is 0 Å². The highest BCUT2D eigenvalue weighted by molar-refractivity contribution is 7.92. The number of nitrogens with zero attached hydrogens (tertiary/aromatic N) is 1. The Hall–Kier alpha value is -2.26. The molecule has 1 aromatic heterocycles. The predicted molar refractivity (Wildman–Crippen MR) is 110 cm³/mol. The van der Waals surface area contributed by atoms with E-state index < -0.39 is 15.9 Å². The SMILES string of the molecule is O=C(c1oc2ccccc2c1NS(=O)(=O)c1ccc(Cl)c(Cl)c1)N1CCOCC1. The Morgan fingerprint density at radius 3 is 2.48 bits per heavy atom. The Labute approximate surface area is 177 Å². The molecular weight excluding hydrogens is 439 g/mol. The normalized spacial score (nSPS) is 14.9. The first-order valence-corrected chi connectivity index (χ1v) is 11.0. The van der Waals surface area contributed by atoms with Crippen LogP contribution in [0.2, 0.25) is 10.0 Å². The first-order valence-electron chi connectivity index (χ1n) is 8.73. The van der Waals surface area contributed by atoms with E-state index in [1.165, 1.54) is 18.2 Å². The molecule has 29 heavy (non-hydrogen) atoms. The number of benzene rings is 2. The van der Waals surface area contributed by atoms with E-state index in [-0.39, 0.29) is 26.4 Å². The van der Waals surface area contributed by atoms with Gasteiger partial charge in [0.1, 0.15) is 11.3 Å². The molecule has 0 atom stereocenters. The monoisotopic (exact) mass is 454 g/mol. The number of para-hydroxylation sites is 1. The molecule has 10 heteroatoms. The molecule has 1 N–H and O–H groups in total. The van der Waals surface area contributed by atoms with E-state index in [9.17, 15) is 13.2 Å². The number of anilines is 1. The van der Waals surface area contributed by atoms with Crippen LogP contribution in [0.25, 0.3) is 11.0 Å². The largest absolute Gasteiger partial charge is 0.449 e. The molecule has 7 nitrogen and oxygen atoms in total. The summed E-state index contributed by atoms with van der Waals surface area (Å²) in [7, 11) is -4.05. The van der Waals surface area contributed by atoms with Gasteiger partial charge in [0.2, 0.25) is 5.76 Å². The van der Waals surface area contributed by atoms with Crippen molar-refractivity contribution in [3.63, 3.8) is 0 Å². The lowest BCUT2D eigenvalue weighted by atomic mass is 10.2. The highest BCUT2D eigenvalue weighted by atomic mass is 35.5. The minimum atomic E-state index is -4.05.